The van der Waals surface area contributed by atoms with Gasteiger partial charge < -0.3 is 10.6 Å². The van der Waals surface area contributed by atoms with Crippen LogP contribution in [0.15, 0.2) is 0 Å². The molecule has 0 aromatic carbocycles. The molecule has 1 saturated carbocycles. The van der Waals surface area contributed by atoms with E-state index in [1.165, 1.54) is 45.2 Å². The van der Waals surface area contributed by atoms with Crippen molar-refractivity contribution in [1.29, 1.82) is 0 Å². The minimum atomic E-state index is 0.0183. The van der Waals surface area contributed by atoms with Gasteiger partial charge in [0, 0.05) is 11.5 Å². The number of nitrogens with two attached hydrogens (primary N) is 1. The Labute approximate surface area is 112 Å². The fourth-order valence-electron chi connectivity index (χ4n) is 2.72. The number of thiocarbonyl (C=S) groups is 1. The first-order valence-electron chi connectivity index (χ1n) is 7.01. The monoisotopic (exact) mass is 256 g/mol. The molecule has 1 fully saturated rings. The molecule has 1 rings (SSSR count). The number of hydrogen-bond donors (Lipinski definition) is 1. The highest BCUT2D eigenvalue weighted by molar-refractivity contribution is 7.80. The molecule has 0 atom stereocenters. The summed E-state index contributed by atoms with van der Waals surface area (Å²) in [5.41, 5.74) is 5.78. The summed E-state index contributed by atoms with van der Waals surface area (Å²) in [4.78, 5) is 3.30. The first-order chi connectivity index (χ1) is 7.97. The van der Waals surface area contributed by atoms with E-state index in [9.17, 15) is 0 Å². The zero-order valence-corrected chi connectivity index (χ0v) is 12.5. The third-order valence-electron chi connectivity index (χ3n) is 4.16. The topological polar surface area (TPSA) is 29.3 Å². The van der Waals surface area contributed by atoms with Crippen LogP contribution >= 0.6 is 12.2 Å². The molecular formula is C14H28N2S. The Morgan fingerprint density at radius 2 is 1.94 bits per heavy atom. The molecule has 0 heterocycles. The summed E-state index contributed by atoms with van der Waals surface area (Å²) in [6.07, 6.45) is 7.93. The van der Waals surface area contributed by atoms with E-state index in [-0.39, 0.29) is 5.41 Å². The zero-order valence-electron chi connectivity index (χ0n) is 11.7. The molecular weight excluding hydrogens is 228 g/mol. The van der Waals surface area contributed by atoms with Gasteiger partial charge in [0.25, 0.3) is 0 Å². The van der Waals surface area contributed by atoms with Crippen LogP contribution in [0.5, 0.6) is 0 Å². The van der Waals surface area contributed by atoms with Gasteiger partial charge in [-0.25, -0.2) is 0 Å². The molecule has 0 spiro atoms. The smallest absolute Gasteiger partial charge is 0.0784 e. The fraction of sp³-hybridized carbons (Fsp3) is 0.929. The highest BCUT2D eigenvalue weighted by Gasteiger charge is 2.24. The molecule has 0 saturated heterocycles. The largest absolute Gasteiger partial charge is 0.393 e. The molecule has 100 valence electrons. The minimum absolute atomic E-state index is 0.0183. The summed E-state index contributed by atoms with van der Waals surface area (Å²) in [7, 11) is 0. The molecule has 0 bridgehead atoms. The Hall–Kier alpha value is -0.150. The van der Waals surface area contributed by atoms with E-state index in [0.29, 0.717) is 4.99 Å². The SMILES string of the molecule is CCN(CCCC(C)(C)C(N)=S)C1CCCC1. The lowest BCUT2D eigenvalue weighted by atomic mass is 9.88. The van der Waals surface area contributed by atoms with E-state index in [1.807, 2.05) is 0 Å². The molecule has 17 heavy (non-hydrogen) atoms. The van der Waals surface area contributed by atoms with Gasteiger partial charge in [-0.15, -0.1) is 0 Å². The van der Waals surface area contributed by atoms with E-state index in [2.05, 4.69) is 25.7 Å². The van der Waals surface area contributed by atoms with Crippen molar-refractivity contribution >= 4 is 17.2 Å². The summed E-state index contributed by atoms with van der Waals surface area (Å²) in [5.74, 6) is 0. The van der Waals surface area contributed by atoms with Crippen molar-refractivity contribution in [2.24, 2.45) is 11.1 Å². The van der Waals surface area contributed by atoms with E-state index in [0.717, 1.165) is 12.5 Å². The van der Waals surface area contributed by atoms with Gasteiger partial charge in [0.05, 0.1) is 4.99 Å². The molecule has 2 N–H and O–H groups in total. The van der Waals surface area contributed by atoms with E-state index in [1.54, 1.807) is 0 Å². The van der Waals surface area contributed by atoms with Crippen LogP contribution in [0.3, 0.4) is 0 Å². The molecule has 0 aliphatic heterocycles. The minimum Gasteiger partial charge on any atom is -0.393 e. The summed E-state index contributed by atoms with van der Waals surface area (Å²) in [6, 6.07) is 0.841. The summed E-state index contributed by atoms with van der Waals surface area (Å²) >= 11 is 5.11. The predicted molar refractivity (Wildman–Crippen MR) is 79.3 cm³/mol. The van der Waals surface area contributed by atoms with Crippen LogP contribution in [0.25, 0.3) is 0 Å². The molecule has 1 aliphatic carbocycles. The lowest BCUT2D eigenvalue weighted by molar-refractivity contribution is 0.199. The molecule has 0 radical (unpaired) electrons. The Morgan fingerprint density at radius 1 is 1.35 bits per heavy atom. The third kappa shape index (κ3) is 4.55. The molecule has 0 aromatic rings. The Kier molecular flexibility index (Phi) is 5.87. The molecule has 1 aliphatic rings. The highest BCUT2D eigenvalue weighted by Crippen LogP contribution is 2.26. The Morgan fingerprint density at radius 3 is 2.41 bits per heavy atom. The van der Waals surface area contributed by atoms with Gasteiger partial charge in [-0.05, 0) is 38.8 Å². The molecule has 3 heteroatoms. The van der Waals surface area contributed by atoms with Gasteiger partial charge in [-0.1, -0.05) is 45.8 Å². The van der Waals surface area contributed by atoms with Crippen LogP contribution in [0.4, 0.5) is 0 Å². The van der Waals surface area contributed by atoms with Crippen LogP contribution in [-0.4, -0.2) is 29.0 Å². The third-order valence-corrected chi connectivity index (χ3v) is 4.71. The maximum Gasteiger partial charge on any atom is 0.0784 e. The first-order valence-corrected chi connectivity index (χ1v) is 7.42. The summed E-state index contributed by atoms with van der Waals surface area (Å²) in [5, 5.41) is 0. The fourth-order valence-corrected chi connectivity index (χ4v) is 2.82. The zero-order chi connectivity index (χ0) is 12.9. The second kappa shape index (κ2) is 6.69. The average molecular weight is 256 g/mol. The van der Waals surface area contributed by atoms with Crippen molar-refractivity contribution < 1.29 is 0 Å². The van der Waals surface area contributed by atoms with Crippen molar-refractivity contribution in [3.8, 4) is 0 Å². The molecule has 0 unspecified atom stereocenters. The average Bonchev–Trinajstić information content (AvgIpc) is 2.77. The molecule has 0 aromatic heterocycles. The lowest BCUT2D eigenvalue weighted by Crippen LogP contribution is -2.35. The van der Waals surface area contributed by atoms with Gasteiger partial charge in [0.2, 0.25) is 0 Å². The number of nitrogens with zero attached hydrogens (tertiary/aromatic N) is 1. The normalized spacial score (nSPS) is 17.9. The molecule has 0 amide bonds. The Bertz CT molecular complexity index is 245. The van der Waals surface area contributed by atoms with Gasteiger partial charge >= 0.3 is 0 Å². The lowest BCUT2D eigenvalue weighted by Gasteiger charge is -2.29. The van der Waals surface area contributed by atoms with Crippen molar-refractivity contribution in [3.05, 3.63) is 0 Å². The maximum atomic E-state index is 5.76. The Balaban J connectivity index is 2.30. The standard InChI is InChI=1S/C14H28N2S/c1-4-16(12-8-5-6-9-12)11-7-10-14(2,3)13(15)17/h12H,4-11H2,1-3H3,(H2,15,17). The van der Waals surface area contributed by atoms with Crippen molar-refractivity contribution in [3.63, 3.8) is 0 Å². The van der Waals surface area contributed by atoms with Crippen LogP contribution < -0.4 is 5.73 Å². The number of rotatable bonds is 7. The van der Waals surface area contributed by atoms with Crippen LogP contribution in [0.2, 0.25) is 0 Å². The molecule has 2 nitrogen and oxygen atoms in total. The van der Waals surface area contributed by atoms with Crippen molar-refractivity contribution in [1.82, 2.24) is 4.90 Å². The highest BCUT2D eigenvalue weighted by atomic mass is 32.1. The van der Waals surface area contributed by atoms with Crippen molar-refractivity contribution in [2.75, 3.05) is 13.1 Å². The predicted octanol–water partition coefficient (Wildman–Crippen LogP) is 3.34. The maximum absolute atomic E-state index is 5.76. The van der Waals surface area contributed by atoms with Gasteiger partial charge in [0.1, 0.15) is 0 Å². The van der Waals surface area contributed by atoms with Crippen LogP contribution in [-0.2, 0) is 0 Å². The first kappa shape index (κ1) is 14.9. The van der Waals surface area contributed by atoms with Gasteiger partial charge in [0.15, 0.2) is 0 Å². The quantitative estimate of drug-likeness (QED) is 0.708. The second-order valence-corrected chi connectivity index (χ2v) is 6.36. The van der Waals surface area contributed by atoms with Crippen LogP contribution in [0, 0.1) is 5.41 Å². The van der Waals surface area contributed by atoms with Crippen LogP contribution in [0.1, 0.15) is 59.3 Å². The van der Waals surface area contributed by atoms with Gasteiger partial charge in [-0.2, -0.15) is 0 Å². The van der Waals surface area contributed by atoms with Gasteiger partial charge in [-0.3, -0.25) is 0 Å². The summed E-state index contributed by atoms with van der Waals surface area (Å²) < 4.78 is 0. The van der Waals surface area contributed by atoms with Crippen molar-refractivity contribution in [2.45, 2.75) is 65.3 Å². The number of hydrogen-bond acceptors (Lipinski definition) is 2. The second-order valence-electron chi connectivity index (χ2n) is 5.92. The van der Waals surface area contributed by atoms with E-state index >= 15 is 0 Å². The van der Waals surface area contributed by atoms with E-state index in [4.69, 9.17) is 18.0 Å². The summed E-state index contributed by atoms with van der Waals surface area (Å²) in [6.45, 7) is 8.96. The van der Waals surface area contributed by atoms with E-state index < -0.39 is 0 Å².